The standard InChI is InChI=1S/C15H20N2O5/c1-16(2)17(14(19)11-8-6-5-7-9-11)12(15(20)22-4)10-13(18)21-3/h5-9,12H,10H2,1-4H3. The SMILES string of the molecule is COC(=O)CC(C(=O)OC)N(C(=O)c1ccccc1)N(C)C. The van der Waals surface area contributed by atoms with E-state index in [1.165, 1.54) is 24.2 Å². The van der Waals surface area contributed by atoms with E-state index in [-0.39, 0.29) is 6.42 Å². The number of carbonyl (C=O) groups excluding carboxylic acids is 3. The molecule has 0 aliphatic carbocycles. The predicted octanol–water partition coefficient (Wildman–Crippen LogP) is 0.710. The molecule has 0 aromatic heterocycles. The fraction of sp³-hybridized carbons (Fsp3) is 0.400. The second-order valence-electron chi connectivity index (χ2n) is 4.68. The van der Waals surface area contributed by atoms with Gasteiger partial charge in [0.25, 0.3) is 5.91 Å². The molecule has 120 valence electrons. The van der Waals surface area contributed by atoms with Gasteiger partial charge in [-0.2, -0.15) is 0 Å². The fourth-order valence-corrected chi connectivity index (χ4v) is 1.96. The average Bonchev–Trinajstić information content (AvgIpc) is 2.53. The summed E-state index contributed by atoms with van der Waals surface area (Å²) in [5.41, 5.74) is 0.398. The molecule has 1 unspecified atom stereocenters. The molecule has 0 heterocycles. The van der Waals surface area contributed by atoms with Crippen LogP contribution in [0, 0.1) is 0 Å². The van der Waals surface area contributed by atoms with E-state index in [1.807, 2.05) is 0 Å². The van der Waals surface area contributed by atoms with Crippen molar-refractivity contribution in [3.63, 3.8) is 0 Å². The van der Waals surface area contributed by atoms with Crippen molar-refractivity contribution < 1.29 is 23.9 Å². The van der Waals surface area contributed by atoms with Crippen LogP contribution in [-0.4, -0.2) is 62.2 Å². The minimum Gasteiger partial charge on any atom is -0.469 e. The summed E-state index contributed by atoms with van der Waals surface area (Å²) in [4.78, 5) is 36.2. The van der Waals surface area contributed by atoms with Crippen LogP contribution in [-0.2, 0) is 19.1 Å². The van der Waals surface area contributed by atoms with E-state index in [1.54, 1.807) is 44.4 Å². The minimum atomic E-state index is -1.10. The van der Waals surface area contributed by atoms with Crippen molar-refractivity contribution in [2.75, 3.05) is 28.3 Å². The maximum Gasteiger partial charge on any atom is 0.330 e. The number of esters is 2. The van der Waals surface area contributed by atoms with Crippen LogP contribution >= 0.6 is 0 Å². The summed E-state index contributed by atoms with van der Waals surface area (Å²) in [7, 11) is 5.63. The highest BCUT2D eigenvalue weighted by atomic mass is 16.5. The number of hydrogen-bond donors (Lipinski definition) is 0. The molecule has 0 aliphatic heterocycles. The van der Waals surface area contributed by atoms with Gasteiger partial charge in [0.2, 0.25) is 0 Å². The van der Waals surface area contributed by atoms with Gasteiger partial charge in [-0.3, -0.25) is 14.6 Å². The molecule has 22 heavy (non-hydrogen) atoms. The average molecular weight is 308 g/mol. The third-order valence-corrected chi connectivity index (χ3v) is 3.02. The van der Waals surface area contributed by atoms with Crippen LogP contribution in [0.3, 0.4) is 0 Å². The number of benzene rings is 1. The lowest BCUT2D eigenvalue weighted by Gasteiger charge is -2.34. The number of amides is 1. The molecule has 0 aliphatic rings. The van der Waals surface area contributed by atoms with Crippen LogP contribution in [0.5, 0.6) is 0 Å². The summed E-state index contributed by atoms with van der Waals surface area (Å²) in [5, 5.41) is 2.62. The van der Waals surface area contributed by atoms with Crippen LogP contribution in [0.25, 0.3) is 0 Å². The van der Waals surface area contributed by atoms with Crippen molar-refractivity contribution in [1.82, 2.24) is 10.0 Å². The molecule has 7 heteroatoms. The molecule has 1 amide bonds. The van der Waals surface area contributed by atoms with Crippen molar-refractivity contribution in [3.8, 4) is 0 Å². The normalized spacial score (nSPS) is 11.7. The minimum absolute atomic E-state index is 0.292. The number of rotatable bonds is 6. The Morgan fingerprint density at radius 2 is 1.64 bits per heavy atom. The summed E-state index contributed by atoms with van der Waals surface area (Å²) in [6, 6.07) is 7.38. The van der Waals surface area contributed by atoms with Gasteiger partial charge in [0, 0.05) is 19.7 Å². The highest BCUT2D eigenvalue weighted by Crippen LogP contribution is 2.14. The topological polar surface area (TPSA) is 76.2 Å². The summed E-state index contributed by atoms with van der Waals surface area (Å²) < 4.78 is 9.30. The number of nitrogens with zero attached hydrogens (tertiary/aromatic N) is 2. The highest BCUT2D eigenvalue weighted by molar-refractivity contribution is 5.97. The van der Waals surface area contributed by atoms with Crippen LogP contribution < -0.4 is 0 Å². The molecule has 1 aromatic rings. The Labute approximate surface area is 129 Å². The Bertz CT molecular complexity index is 530. The third-order valence-electron chi connectivity index (χ3n) is 3.02. The zero-order chi connectivity index (χ0) is 16.7. The molecular formula is C15H20N2O5. The molecule has 1 rings (SSSR count). The van der Waals surface area contributed by atoms with Gasteiger partial charge in [0.05, 0.1) is 20.6 Å². The van der Waals surface area contributed by atoms with Crippen molar-refractivity contribution in [2.45, 2.75) is 12.5 Å². The van der Waals surface area contributed by atoms with Gasteiger partial charge >= 0.3 is 11.9 Å². The Morgan fingerprint density at radius 1 is 1.05 bits per heavy atom. The quantitative estimate of drug-likeness (QED) is 0.569. The monoisotopic (exact) mass is 308 g/mol. The predicted molar refractivity (Wildman–Crippen MR) is 78.7 cm³/mol. The van der Waals surface area contributed by atoms with E-state index in [4.69, 9.17) is 4.74 Å². The maximum atomic E-state index is 12.6. The first-order chi connectivity index (χ1) is 10.4. The summed E-state index contributed by atoms with van der Waals surface area (Å²) in [6.07, 6.45) is -0.292. The van der Waals surface area contributed by atoms with E-state index >= 15 is 0 Å². The molecule has 0 saturated carbocycles. The summed E-state index contributed by atoms with van der Waals surface area (Å²) in [5.74, 6) is -1.71. The lowest BCUT2D eigenvalue weighted by molar-refractivity contribution is -0.157. The molecule has 0 spiro atoms. The zero-order valence-electron chi connectivity index (χ0n) is 13.1. The van der Waals surface area contributed by atoms with Gasteiger partial charge in [-0.15, -0.1) is 0 Å². The van der Waals surface area contributed by atoms with E-state index in [0.717, 1.165) is 0 Å². The molecule has 0 fully saturated rings. The molecule has 7 nitrogen and oxygen atoms in total. The van der Waals surface area contributed by atoms with E-state index in [2.05, 4.69) is 4.74 Å². The fourth-order valence-electron chi connectivity index (χ4n) is 1.96. The Kier molecular flexibility index (Phi) is 6.52. The van der Waals surface area contributed by atoms with Gasteiger partial charge < -0.3 is 9.47 Å². The van der Waals surface area contributed by atoms with Gasteiger partial charge in [-0.25, -0.2) is 9.80 Å². The Morgan fingerprint density at radius 3 is 2.09 bits per heavy atom. The van der Waals surface area contributed by atoms with Gasteiger partial charge in [0.1, 0.15) is 0 Å². The molecular weight excluding hydrogens is 288 g/mol. The first kappa shape index (κ1) is 17.6. The zero-order valence-corrected chi connectivity index (χ0v) is 13.1. The van der Waals surface area contributed by atoms with Gasteiger partial charge in [-0.1, -0.05) is 18.2 Å². The number of hydrogen-bond acceptors (Lipinski definition) is 6. The molecule has 0 saturated heterocycles. The molecule has 0 bridgehead atoms. The number of hydrazine groups is 1. The highest BCUT2D eigenvalue weighted by Gasteiger charge is 2.35. The lowest BCUT2D eigenvalue weighted by Crippen LogP contribution is -2.53. The second-order valence-corrected chi connectivity index (χ2v) is 4.68. The van der Waals surface area contributed by atoms with E-state index in [9.17, 15) is 14.4 Å². The molecule has 1 aromatic carbocycles. The molecule has 0 radical (unpaired) electrons. The number of carbonyl (C=O) groups is 3. The lowest BCUT2D eigenvalue weighted by atomic mass is 10.1. The smallest absolute Gasteiger partial charge is 0.330 e. The van der Waals surface area contributed by atoms with E-state index < -0.39 is 23.9 Å². The summed E-state index contributed by atoms with van der Waals surface area (Å²) >= 11 is 0. The van der Waals surface area contributed by atoms with Crippen molar-refractivity contribution in [3.05, 3.63) is 35.9 Å². The van der Waals surface area contributed by atoms with Gasteiger partial charge in [0.15, 0.2) is 6.04 Å². The maximum absolute atomic E-state index is 12.6. The molecule has 0 N–H and O–H groups in total. The first-order valence-corrected chi connectivity index (χ1v) is 6.62. The van der Waals surface area contributed by atoms with Crippen LogP contribution in [0.1, 0.15) is 16.8 Å². The van der Waals surface area contributed by atoms with E-state index in [0.29, 0.717) is 5.56 Å². The van der Waals surface area contributed by atoms with Crippen LogP contribution in [0.4, 0.5) is 0 Å². The Balaban J connectivity index is 3.15. The van der Waals surface area contributed by atoms with Gasteiger partial charge in [-0.05, 0) is 12.1 Å². The number of methoxy groups -OCH3 is 2. The van der Waals surface area contributed by atoms with Crippen molar-refractivity contribution in [1.29, 1.82) is 0 Å². The van der Waals surface area contributed by atoms with Crippen LogP contribution in [0.2, 0.25) is 0 Å². The summed E-state index contributed by atoms with van der Waals surface area (Å²) in [6.45, 7) is 0. The Hall–Kier alpha value is -2.41. The first-order valence-electron chi connectivity index (χ1n) is 6.62. The van der Waals surface area contributed by atoms with Crippen molar-refractivity contribution in [2.24, 2.45) is 0 Å². The third kappa shape index (κ3) is 4.29. The molecule has 1 atom stereocenters. The largest absolute Gasteiger partial charge is 0.469 e. The van der Waals surface area contributed by atoms with Crippen LogP contribution in [0.15, 0.2) is 30.3 Å². The second kappa shape index (κ2) is 8.14. The number of ether oxygens (including phenoxy) is 2. The van der Waals surface area contributed by atoms with Crippen molar-refractivity contribution >= 4 is 17.8 Å².